The summed E-state index contributed by atoms with van der Waals surface area (Å²) in [5, 5.41) is 0. The first kappa shape index (κ1) is 20.6. The molecule has 1 amide bonds. The molecule has 1 aliphatic heterocycles. The minimum absolute atomic E-state index is 0.0372. The number of likely N-dealkylation sites (tertiary alicyclic amines) is 1. The second-order valence-corrected chi connectivity index (χ2v) is 7.59. The maximum atomic E-state index is 13.8. The monoisotopic (exact) mass is 388 g/mol. The van der Waals surface area contributed by atoms with Crippen LogP contribution in [0.5, 0.6) is 0 Å². The summed E-state index contributed by atoms with van der Waals surface area (Å²) in [6, 6.07) is 10.8. The van der Waals surface area contributed by atoms with Gasteiger partial charge in [0.05, 0.1) is 13.2 Å². The van der Waals surface area contributed by atoms with Crippen molar-refractivity contribution in [2.24, 2.45) is 5.92 Å². The number of halogens is 1. The number of rotatable bonds is 8. The zero-order valence-electron chi connectivity index (χ0n) is 16.9. The number of carbonyl (C=O) groups excluding carboxylic acids is 1. The molecule has 0 saturated carbocycles. The predicted molar refractivity (Wildman–Crippen MR) is 105 cm³/mol. The smallest absolute Gasteiger partial charge is 0.219 e. The Morgan fingerprint density at radius 1 is 1.32 bits per heavy atom. The summed E-state index contributed by atoms with van der Waals surface area (Å²) < 4.78 is 24.7. The number of aryl methyl sites for hydroxylation is 1. The topological polar surface area (TPSA) is 45.9 Å². The third-order valence-corrected chi connectivity index (χ3v) is 5.43. The molecule has 2 atom stereocenters. The molecule has 1 fully saturated rings. The highest BCUT2D eigenvalue weighted by Gasteiger charge is 2.35. The van der Waals surface area contributed by atoms with Gasteiger partial charge in [0.1, 0.15) is 17.3 Å². The normalized spacial score (nSPS) is 19.9. The Bertz CT molecular complexity index is 792. The molecule has 0 N–H and O–H groups in total. The molecule has 2 aromatic rings. The van der Waals surface area contributed by atoms with Gasteiger partial charge in [-0.3, -0.25) is 9.69 Å². The second kappa shape index (κ2) is 9.34. The summed E-state index contributed by atoms with van der Waals surface area (Å²) in [6.07, 6.45) is 0. The van der Waals surface area contributed by atoms with Gasteiger partial charge in [-0.1, -0.05) is 12.1 Å². The Morgan fingerprint density at radius 3 is 2.79 bits per heavy atom. The molecule has 0 aliphatic carbocycles. The van der Waals surface area contributed by atoms with Crippen molar-refractivity contribution in [2.45, 2.75) is 26.3 Å². The van der Waals surface area contributed by atoms with Crippen LogP contribution in [0.4, 0.5) is 4.39 Å². The Kier molecular flexibility index (Phi) is 6.86. The standard InChI is InChI=1S/C22H29FN2O3/c1-16-7-8-21(28-16)14-24-12-19(13-25(17(2)26)9-10-27-3)22(15-24)18-5-4-6-20(23)11-18/h4-8,11,19,22H,9-10,12-15H2,1-3H3. The molecule has 28 heavy (non-hydrogen) atoms. The number of hydrogen-bond donors (Lipinski definition) is 0. The number of furan rings is 1. The van der Waals surface area contributed by atoms with Crippen molar-refractivity contribution in [3.8, 4) is 0 Å². The quantitative estimate of drug-likeness (QED) is 0.695. The first-order valence-corrected chi connectivity index (χ1v) is 9.74. The van der Waals surface area contributed by atoms with Gasteiger partial charge in [0, 0.05) is 46.1 Å². The summed E-state index contributed by atoms with van der Waals surface area (Å²) in [6.45, 7) is 7.59. The molecule has 0 radical (unpaired) electrons. The van der Waals surface area contributed by atoms with Crippen molar-refractivity contribution < 1.29 is 18.3 Å². The molecule has 3 rings (SSSR count). The van der Waals surface area contributed by atoms with Gasteiger partial charge in [-0.2, -0.15) is 0 Å². The van der Waals surface area contributed by atoms with Crippen LogP contribution >= 0.6 is 0 Å². The molecular formula is C22H29FN2O3. The van der Waals surface area contributed by atoms with Gasteiger partial charge in [0.2, 0.25) is 5.91 Å². The van der Waals surface area contributed by atoms with E-state index in [2.05, 4.69) is 4.90 Å². The Morgan fingerprint density at radius 2 is 2.14 bits per heavy atom. The summed E-state index contributed by atoms with van der Waals surface area (Å²) in [7, 11) is 1.64. The van der Waals surface area contributed by atoms with Crippen LogP contribution in [0.25, 0.3) is 0 Å². The number of benzene rings is 1. The van der Waals surface area contributed by atoms with Crippen molar-refractivity contribution in [1.29, 1.82) is 0 Å². The van der Waals surface area contributed by atoms with E-state index in [-0.39, 0.29) is 23.6 Å². The fraction of sp³-hybridized carbons (Fsp3) is 0.500. The second-order valence-electron chi connectivity index (χ2n) is 7.59. The van der Waals surface area contributed by atoms with E-state index in [1.165, 1.54) is 6.07 Å². The molecule has 0 bridgehead atoms. The number of amides is 1. The third kappa shape index (κ3) is 5.20. The Balaban J connectivity index is 1.77. The van der Waals surface area contributed by atoms with E-state index >= 15 is 0 Å². The number of hydrogen-bond acceptors (Lipinski definition) is 4. The first-order valence-electron chi connectivity index (χ1n) is 9.74. The van der Waals surface area contributed by atoms with Crippen LogP contribution in [0.3, 0.4) is 0 Å². The van der Waals surface area contributed by atoms with Crippen LogP contribution in [0.15, 0.2) is 40.8 Å². The van der Waals surface area contributed by atoms with E-state index in [0.29, 0.717) is 26.2 Å². The molecule has 152 valence electrons. The SMILES string of the molecule is COCCN(CC1CN(Cc2ccc(C)o2)CC1c1cccc(F)c1)C(C)=O. The lowest BCUT2D eigenvalue weighted by Crippen LogP contribution is -2.38. The van der Waals surface area contributed by atoms with E-state index < -0.39 is 0 Å². The minimum Gasteiger partial charge on any atom is -0.465 e. The lowest BCUT2D eigenvalue weighted by atomic mass is 9.88. The van der Waals surface area contributed by atoms with Crippen molar-refractivity contribution in [1.82, 2.24) is 9.80 Å². The molecule has 2 unspecified atom stereocenters. The summed E-state index contributed by atoms with van der Waals surface area (Å²) in [5.41, 5.74) is 0.985. The fourth-order valence-corrected chi connectivity index (χ4v) is 4.04. The van der Waals surface area contributed by atoms with Gasteiger partial charge in [-0.05, 0) is 42.7 Å². The van der Waals surface area contributed by atoms with Crippen LogP contribution < -0.4 is 0 Å². The van der Waals surface area contributed by atoms with Crippen LogP contribution in [0.1, 0.15) is 29.9 Å². The van der Waals surface area contributed by atoms with Gasteiger partial charge >= 0.3 is 0 Å². The fourth-order valence-electron chi connectivity index (χ4n) is 4.04. The number of ether oxygens (including phenoxy) is 1. The highest BCUT2D eigenvalue weighted by Crippen LogP contribution is 2.34. The van der Waals surface area contributed by atoms with Crippen molar-refractivity contribution in [2.75, 3.05) is 39.9 Å². The maximum Gasteiger partial charge on any atom is 0.219 e. The molecule has 1 saturated heterocycles. The lowest BCUT2D eigenvalue weighted by Gasteiger charge is -2.27. The first-order chi connectivity index (χ1) is 13.5. The molecule has 5 nitrogen and oxygen atoms in total. The van der Waals surface area contributed by atoms with Crippen LogP contribution in [-0.2, 0) is 16.1 Å². The molecule has 1 aromatic heterocycles. The highest BCUT2D eigenvalue weighted by molar-refractivity contribution is 5.73. The predicted octanol–water partition coefficient (Wildman–Crippen LogP) is 3.44. The largest absolute Gasteiger partial charge is 0.465 e. The zero-order valence-corrected chi connectivity index (χ0v) is 16.9. The molecular weight excluding hydrogens is 359 g/mol. The third-order valence-electron chi connectivity index (χ3n) is 5.43. The number of methoxy groups -OCH3 is 1. The molecule has 1 aliphatic rings. The highest BCUT2D eigenvalue weighted by atomic mass is 19.1. The number of carbonyl (C=O) groups is 1. The van der Waals surface area contributed by atoms with Crippen LogP contribution in [-0.4, -0.2) is 55.6 Å². The number of nitrogens with zero attached hydrogens (tertiary/aromatic N) is 2. The Hall–Kier alpha value is -2.18. The van der Waals surface area contributed by atoms with E-state index in [4.69, 9.17) is 9.15 Å². The van der Waals surface area contributed by atoms with E-state index in [9.17, 15) is 9.18 Å². The van der Waals surface area contributed by atoms with E-state index in [1.807, 2.05) is 30.0 Å². The molecule has 1 aromatic carbocycles. The van der Waals surface area contributed by atoms with Crippen molar-refractivity contribution >= 4 is 5.91 Å². The van der Waals surface area contributed by atoms with Gasteiger partial charge in [0.25, 0.3) is 0 Å². The Labute approximate surface area is 166 Å². The van der Waals surface area contributed by atoms with Crippen molar-refractivity contribution in [3.05, 3.63) is 59.3 Å². The average molecular weight is 388 g/mol. The summed E-state index contributed by atoms with van der Waals surface area (Å²) >= 11 is 0. The minimum atomic E-state index is -0.223. The lowest BCUT2D eigenvalue weighted by molar-refractivity contribution is -0.130. The van der Waals surface area contributed by atoms with Crippen molar-refractivity contribution in [3.63, 3.8) is 0 Å². The molecule has 0 spiro atoms. The van der Waals surface area contributed by atoms with Gasteiger partial charge in [0.15, 0.2) is 0 Å². The zero-order chi connectivity index (χ0) is 20.1. The van der Waals surface area contributed by atoms with E-state index in [1.54, 1.807) is 26.2 Å². The van der Waals surface area contributed by atoms with Crippen LogP contribution in [0.2, 0.25) is 0 Å². The van der Waals surface area contributed by atoms with Gasteiger partial charge < -0.3 is 14.1 Å². The van der Waals surface area contributed by atoms with Crippen LogP contribution in [0, 0.1) is 18.7 Å². The molecule has 6 heteroatoms. The molecule has 2 heterocycles. The maximum absolute atomic E-state index is 13.8. The summed E-state index contributed by atoms with van der Waals surface area (Å²) in [4.78, 5) is 16.3. The summed E-state index contributed by atoms with van der Waals surface area (Å²) in [5.74, 6) is 2.03. The average Bonchev–Trinajstić information content (AvgIpc) is 3.24. The van der Waals surface area contributed by atoms with Gasteiger partial charge in [-0.25, -0.2) is 4.39 Å². The van der Waals surface area contributed by atoms with E-state index in [0.717, 1.165) is 30.2 Å². The van der Waals surface area contributed by atoms with Gasteiger partial charge in [-0.15, -0.1) is 0 Å².